The highest BCUT2D eigenvalue weighted by atomic mass is 32.1. The van der Waals surface area contributed by atoms with Gasteiger partial charge in [-0.25, -0.2) is 9.37 Å². The molecule has 1 saturated heterocycles. The summed E-state index contributed by atoms with van der Waals surface area (Å²) >= 11 is 1.50. The zero-order valence-corrected chi connectivity index (χ0v) is 16.4. The van der Waals surface area contributed by atoms with Crippen molar-refractivity contribution in [2.75, 3.05) is 13.1 Å². The number of carbonyl (C=O) groups excluding carboxylic acids is 1. The average molecular weight is 376 g/mol. The Labute approximate surface area is 158 Å². The molecule has 0 radical (unpaired) electrons. The summed E-state index contributed by atoms with van der Waals surface area (Å²) in [6, 6.07) is 6.89. The lowest BCUT2D eigenvalue weighted by Crippen LogP contribution is -2.44. The number of likely N-dealkylation sites (tertiary alicyclic amines) is 1. The molecule has 140 valence electrons. The van der Waals surface area contributed by atoms with Crippen LogP contribution in [0.2, 0.25) is 0 Å². The standard InChI is InChI=1S/C20H26FN3OS/c1-13(2)20-22-14(3)18(26-20)19(25)23-17-8-10-24(11-9-17)12-15-4-6-16(21)7-5-15/h4-7,13,17H,8-12H2,1-3H3,(H,23,25). The van der Waals surface area contributed by atoms with Gasteiger partial charge in [-0.05, 0) is 37.5 Å². The first-order chi connectivity index (χ1) is 12.4. The minimum Gasteiger partial charge on any atom is -0.348 e. The predicted molar refractivity (Wildman–Crippen MR) is 103 cm³/mol. The molecule has 2 aromatic rings. The van der Waals surface area contributed by atoms with Crippen molar-refractivity contribution in [1.29, 1.82) is 0 Å². The van der Waals surface area contributed by atoms with Crippen molar-refractivity contribution in [3.63, 3.8) is 0 Å². The van der Waals surface area contributed by atoms with Gasteiger partial charge in [-0.1, -0.05) is 26.0 Å². The fraction of sp³-hybridized carbons (Fsp3) is 0.500. The molecule has 1 aromatic carbocycles. The minimum atomic E-state index is -0.200. The Morgan fingerprint density at radius 3 is 2.54 bits per heavy atom. The van der Waals surface area contributed by atoms with Gasteiger partial charge in [-0.15, -0.1) is 11.3 Å². The molecule has 1 N–H and O–H groups in total. The SMILES string of the molecule is Cc1nc(C(C)C)sc1C(=O)NC1CCN(Cc2ccc(F)cc2)CC1. The number of hydrogen-bond acceptors (Lipinski definition) is 4. The number of nitrogens with one attached hydrogen (secondary N) is 1. The van der Waals surface area contributed by atoms with Crippen LogP contribution < -0.4 is 5.32 Å². The Balaban J connectivity index is 1.50. The number of piperidine rings is 1. The van der Waals surface area contributed by atoms with Crippen LogP contribution in [0.3, 0.4) is 0 Å². The number of carbonyl (C=O) groups is 1. The van der Waals surface area contributed by atoms with E-state index in [-0.39, 0.29) is 17.8 Å². The van der Waals surface area contributed by atoms with E-state index in [9.17, 15) is 9.18 Å². The normalized spacial score (nSPS) is 16.2. The number of rotatable bonds is 5. The van der Waals surface area contributed by atoms with Crippen molar-refractivity contribution in [2.45, 2.75) is 52.1 Å². The maximum absolute atomic E-state index is 13.0. The Morgan fingerprint density at radius 2 is 1.96 bits per heavy atom. The van der Waals surface area contributed by atoms with E-state index in [0.717, 1.165) is 53.6 Å². The lowest BCUT2D eigenvalue weighted by molar-refractivity contribution is 0.0912. The molecule has 4 nitrogen and oxygen atoms in total. The molecule has 0 bridgehead atoms. The summed E-state index contributed by atoms with van der Waals surface area (Å²) in [6.45, 7) is 8.78. The van der Waals surface area contributed by atoms with Gasteiger partial charge in [0.1, 0.15) is 10.7 Å². The third kappa shape index (κ3) is 4.68. The summed E-state index contributed by atoms with van der Waals surface area (Å²) in [5.41, 5.74) is 1.94. The highest BCUT2D eigenvalue weighted by Gasteiger charge is 2.23. The number of aromatic nitrogens is 1. The Kier molecular flexibility index (Phi) is 6.04. The van der Waals surface area contributed by atoms with Gasteiger partial charge in [0.25, 0.3) is 5.91 Å². The number of hydrogen-bond donors (Lipinski definition) is 1. The van der Waals surface area contributed by atoms with Crippen LogP contribution in [0.5, 0.6) is 0 Å². The average Bonchev–Trinajstić information content (AvgIpc) is 3.01. The third-order valence-electron chi connectivity index (χ3n) is 4.76. The Bertz CT molecular complexity index is 749. The predicted octanol–water partition coefficient (Wildman–Crippen LogP) is 4.11. The molecule has 6 heteroatoms. The molecule has 1 fully saturated rings. The van der Waals surface area contributed by atoms with Gasteiger partial charge in [0.2, 0.25) is 0 Å². The summed E-state index contributed by atoms with van der Waals surface area (Å²) in [7, 11) is 0. The van der Waals surface area contributed by atoms with Crippen molar-refractivity contribution in [2.24, 2.45) is 0 Å². The monoisotopic (exact) mass is 375 g/mol. The van der Waals surface area contributed by atoms with Crippen LogP contribution >= 0.6 is 11.3 Å². The smallest absolute Gasteiger partial charge is 0.263 e. The second kappa shape index (κ2) is 8.27. The Morgan fingerprint density at radius 1 is 1.31 bits per heavy atom. The van der Waals surface area contributed by atoms with E-state index < -0.39 is 0 Å². The summed E-state index contributed by atoms with van der Waals surface area (Å²) in [5, 5.41) is 4.19. The molecule has 3 rings (SSSR count). The quantitative estimate of drug-likeness (QED) is 0.855. The second-order valence-electron chi connectivity index (χ2n) is 7.27. The molecule has 2 heterocycles. The van der Waals surface area contributed by atoms with E-state index in [2.05, 4.69) is 29.0 Å². The summed E-state index contributed by atoms with van der Waals surface area (Å²) in [4.78, 5) is 20.2. The molecule has 1 amide bonds. The molecule has 0 unspecified atom stereocenters. The van der Waals surface area contributed by atoms with Crippen LogP contribution in [-0.2, 0) is 6.54 Å². The van der Waals surface area contributed by atoms with Crippen molar-refractivity contribution >= 4 is 17.2 Å². The number of amides is 1. The van der Waals surface area contributed by atoms with Gasteiger partial charge in [-0.3, -0.25) is 9.69 Å². The van der Waals surface area contributed by atoms with Crippen LogP contribution in [0, 0.1) is 12.7 Å². The van der Waals surface area contributed by atoms with E-state index in [1.807, 2.05) is 19.1 Å². The molecule has 1 aliphatic heterocycles. The Hall–Kier alpha value is -1.79. The van der Waals surface area contributed by atoms with Crippen molar-refractivity contribution in [1.82, 2.24) is 15.2 Å². The van der Waals surface area contributed by atoms with E-state index in [1.165, 1.54) is 23.5 Å². The topological polar surface area (TPSA) is 45.2 Å². The molecule has 0 saturated carbocycles. The van der Waals surface area contributed by atoms with E-state index in [1.54, 1.807) is 0 Å². The van der Waals surface area contributed by atoms with Gasteiger partial charge in [0.05, 0.1) is 10.7 Å². The summed E-state index contributed by atoms with van der Waals surface area (Å²) in [6.07, 6.45) is 1.86. The minimum absolute atomic E-state index is 0.00360. The zero-order chi connectivity index (χ0) is 18.7. The number of benzene rings is 1. The molecule has 1 aliphatic rings. The largest absolute Gasteiger partial charge is 0.348 e. The molecular weight excluding hydrogens is 349 g/mol. The molecule has 0 atom stereocenters. The van der Waals surface area contributed by atoms with Crippen molar-refractivity contribution in [3.8, 4) is 0 Å². The van der Waals surface area contributed by atoms with E-state index >= 15 is 0 Å². The van der Waals surface area contributed by atoms with Gasteiger partial charge >= 0.3 is 0 Å². The highest BCUT2D eigenvalue weighted by Crippen LogP contribution is 2.25. The maximum atomic E-state index is 13.0. The number of thiazole rings is 1. The molecule has 0 aliphatic carbocycles. The van der Waals surface area contributed by atoms with Gasteiger partial charge in [0, 0.05) is 31.6 Å². The van der Waals surface area contributed by atoms with Crippen LogP contribution in [0.25, 0.3) is 0 Å². The molecule has 0 spiro atoms. The summed E-state index contributed by atoms with van der Waals surface area (Å²) in [5.74, 6) is 0.146. The number of aryl methyl sites for hydroxylation is 1. The van der Waals surface area contributed by atoms with Crippen LogP contribution in [0.15, 0.2) is 24.3 Å². The summed E-state index contributed by atoms with van der Waals surface area (Å²) < 4.78 is 13.0. The molecule has 26 heavy (non-hydrogen) atoms. The number of halogens is 1. The first-order valence-electron chi connectivity index (χ1n) is 9.17. The highest BCUT2D eigenvalue weighted by molar-refractivity contribution is 7.13. The van der Waals surface area contributed by atoms with Gasteiger partial charge < -0.3 is 5.32 Å². The van der Waals surface area contributed by atoms with E-state index in [0.29, 0.717) is 5.92 Å². The second-order valence-corrected chi connectivity index (χ2v) is 8.30. The zero-order valence-electron chi connectivity index (χ0n) is 15.6. The molecule has 1 aromatic heterocycles. The van der Waals surface area contributed by atoms with Crippen molar-refractivity contribution < 1.29 is 9.18 Å². The fourth-order valence-corrected chi connectivity index (χ4v) is 4.18. The van der Waals surface area contributed by atoms with Crippen LogP contribution in [-0.4, -0.2) is 34.9 Å². The lowest BCUT2D eigenvalue weighted by Gasteiger charge is -2.32. The van der Waals surface area contributed by atoms with Crippen LogP contribution in [0.4, 0.5) is 4.39 Å². The van der Waals surface area contributed by atoms with E-state index in [4.69, 9.17) is 0 Å². The fourth-order valence-electron chi connectivity index (χ4n) is 3.21. The first kappa shape index (κ1) is 19.0. The van der Waals surface area contributed by atoms with Crippen molar-refractivity contribution in [3.05, 3.63) is 51.2 Å². The first-order valence-corrected chi connectivity index (χ1v) is 9.99. The van der Waals surface area contributed by atoms with Crippen LogP contribution in [0.1, 0.15) is 58.5 Å². The molecular formula is C20H26FN3OS. The number of nitrogens with zero attached hydrogens (tertiary/aromatic N) is 2. The van der Waals surface area contributed by atoms with Gasteiger partial charge in [-0.2, -0.15) is 0 Å². The maximum Gasteiger partial charge on any atom is 0.263 e. The third-order valence-corrected chi connectivity index (χ3v) is 6.21. The van der Waals surface area contributed by atoms with Gasteiger partial charge in [0.15, 0.2) is 0 Å². The lowest BCUT2D eigenvalue weighted by atomic mass is 10.0.